The highest BCUT2D eigenvalue weighted by Crippen LogP contribution is 2.32. The number of anilines is 1. The molecule has 0 unspecified atom stereocenters. The van der Waals surface area contributed by atoms with Crippen molar-refractivity contribution in [2.45, 2.75) is 18.4 Å². The number of aromatic nitrogens is 1. The fraction of sp³-hybridized carbons (Fsp3) is 0.714. The second kappa shape index (κ2) is 7.11. The van der Waals surface area contributed by atoms with E-state index in [1.807, 2.05) is 0 Å². The first-order valence-electron chi connectivity index (χ1n) is 7.45. The van der Waals surface area contributed by atoms with E-state index in [1.54, 1.807) is 0 Å². The van der Waals surface area contributed by atoms with Crippen LogP contribution in [0.2, 0.25) is 5.15 Å². The standard InChI is InChI=1S/C14H19ClN4O2S/c15-12-11(9-16)13(22-18-12)17-10-14(1-5-20-6-2-14)19-3-7-21-8-4-19/h17H,1-8,10H2. The molecule has 2 aliphatic rings. The highest BCUT2D eigenvalue weighted by molar-refractivity contribution is 7.10. The molecule has 0 bridgehead atoms. The predicted octanol–water partition coefficient (Wildman–Crippen LogP) is 1.96. The Labute approximate surface area is 139 Å². The molecular weight excluding hydrogens is 324 g/mol. The summed E-state index contributed by atoms with van der Waals surface area (Å²) in [6, 6.07) is 2.12. The summed E-state index contributed by atoms with van der Waals surface area (Å²) in [5.74, 6) is 0. The maximum Gasteiger partial charge on any atom is 0.162 e. The summed E-state index contributed by atoms with van der Waals surface area (Å²) in [7, 11) is 0. The average Bonchev–Trinajstić information content (AvgIpc) is 2.94. The van der Waals surface area contributed by atoms with Crippen LogP contribution in [0.5, 0.6) is 0 Å². The lowest BCUT2D eigenvalue weighted by Gasteiger charge is -2.48. The van der Waals surface area contributed by atoms with E-state index >= 15 is 0 Å². The number of hydrogen-bond donors (Lipinski definition) is 1. The molecule has 1 aromatic heterocycles. The van der Waals surface area contributed by atoms with Gasteiger partial charge in [0.2, 0.25) is 0 Å². The first-order valence-corrected chi connectivity index (χ1v) is 8.60. The summed E-state index contributed by atoms with van der Waals surface area (Å²) in [4.78, 5) is 2.50. The highest BCUT2D eigenvalue weighted by Gasteiger charge is 2.39. The molecule has 0 aliphatic carbocycles. The van der Waals surface area contributed by atoms with E-state index in [9.17, 15) is 5.26 Å². The molecule has 0 spiro atoms. The Kier molecular flexibility index (Phi) is 5.16. The van der Waals surface area contributed by atoms with E-state index in [-0.39, 0.29) is 10.7 Å². The Morgan fingerprint density at radius 3 is 2.64 bits per heavy atom. The Balaban J connectivity index is 1.74. The zero-order valence-electron chi connectivity index (χ0n) is 12.3. The van der Waals surface area contributed by atoms with Gasteiger partial charge >= 0.3 is 0 Å². The normalized spacial score (nSPS) is 22.2. The molecule has 0 atom stereocenters. The number of morpholine rings is 1. The number of hydrogen-bond acceptors (Lipinski definition) is 7. The van der Waals surface area contributed by atoms with E-state index in [0.717, 1.165) is 63.9 Å². The fourth-order valence-corrected chi connectivity index (χ4v) is 4.06. The summed E-state index contributed by atoms with van der Waals surface area (Å²) in [6.45, 7) is 5.74. The largest absolute Gasteiger partial charge is 0.381 e. The number of rotatable bonds is 4. The molecule has 6 nitrogen and oxygen atoms in total. The minimum atomic E-state index is 0.0468. The number of halogens is 1. The molecule has 3 rings (SSSR count). The van der Waals surface area contributed by atoms with Crippen LogP contribution in [0, 0.1) is 11.3 Å². The van der Waals surface area contributed by atoms with Crippen molar-refractivity contribution in [1.29, 1.82) is 5.26 Å². The lowest BCUT2D eigenvalue weighted by atomic mass is 9.87. The van der Waals surface area contributed by atoms with Gasteiger partial charge < -0.3 is 14.8 Å². The second-order valence-electron chi connectivity index (χ2n) is 5.58. The van der Waals surface area contributed by atoms with Crippen LogP contribution in [0.3, 0.4) is 0 Å². The third kappa shape index (κ3) is 3.21. The Hall–Kier alpha value is -0.910. The molecule has 8 heteroatoms. The minimum absolute atomic E-state index is 0.0468. The van der Waals surface area contributed by atoms with Crippen LogP contribution >= 0.6 is 23.1 Å². The smallest absolute Gasteiger partial charge is 0.162 e. The minimum Gasteiger partial charge on any atom is -0.381 e. The van der Waals surface area contributed by atoms with E-state index in [1.165, 1.54) is 11.5 Å². The molecule has 0 aromatic carbocycles. The van der Waals surface area contributed by atoms with Crippen LogP contribution < -0.4 is 5.32 Å². The van der Waals surface area contributed by atoms with Crippen molar-refractivity contribution in [2.24, 2.45) is 0 Å². The number of ether oxygens (including phenoxy) is 2. The van der Waals surface area contributed by atoms with Crippen LogP contribution in [0.1, 0.15) is 18.4 Å². The summed E-state index contributed by atoms with van der Waals surface area (Å²) in [6.07, 6.45) is 1.96. The Morgan fingerprint density at radius 2 is 1.95 bits per heavy atom. The average molecular weight is 343 g/mol. The maximum atomic E-state index is 9.18. The van der Waals surface area contributed by atoms with Crippen LogP contribution in [0.25, 0.3) is 0 Å². The molecule has 0 saturated carbocycles. The van der Waals surface area contributed by atoms with Crippen molar-refractivity contribution in [3.8, 4) is 6.07 Å². The molecule has 120 valence electrons. The van der Waals surface area contributed by atoms with Crippen molar-refractivity contribution in [1.82, 2.24) is 9.27 Å². The summed E-state index contributed by atoms with van der Waals surface area (Å²) < 4.78 is 15.1. The molecule has 3 heterocycles. The van der Waals surface area contributed by atoms with Gasteiger partial charge in [-0.25, -0.2) is 0 Å². The lowest BCUT2D eigenvalue weighted by Crippen LogP contribution is -2.59. The first-order chi connectivity index (χ1) is 10.7. The van der Waals surface area contributed by atoms with Gasteiger partial charge in [-0.3, -0.25) is 4.90 Å². The molecule has 2 fully saturated rings. The van der Waals surface area contributed by atoms with Crippen molar-refractivity contribution in [2.75, 3.05) is 51.4 Å². The van der Waals surface area contributed by atoms with Gasteiger partial charge in [-0.05, 0) is 24.4 Å². The van der Waals surface area contributed by atoms with Gasteiger partial charge in [0.05, 0.1) is 13.2 Å². The molecule has 2 saturated heterocycles. The number of nitrogens with zero attached hydrogens (tertiary/aromatic N) is 3. The van der Waals surface area contributed by atoms with Crippen LogP contribution in [-0.2, 0) is 9.47 Å². The van der Waals surface area contributed by atoms with Gasteiger partial charge in [-0.1, -0.05) is 11.6 Å². The SMILES string of the molecule is N#Cc1c(Cl)nsc1NCC1(N2CCOCC2)CCOCC1. The first kappa shape index (κ1) is 16.0. The summed E-state index contributed by atoms with van der Waals surface area (Å²) in [5, 5.41) is 13.6. The zero-order valence-corrected chi connectivity index (χ0v) is 13.9. The molecule has 0 radical (unpaired) electrons. The van der Waals surface area contributed by atoms with Crippen molar-refractivity contribution in [3.63, 3.8) is 0 Å². The maximum absolute atomic E-state index is 9.18. The second-order valence-corrected chi connectivity index (χ2v) is 6.71. The Bertz CT molecular complexity index is 548. The third-order valence-corrected chi connectivity index (χ3v) is 5.62. The molecule has 1 aromatic rings. The van der Waals surface area contributed by atoms with Crippen molar-refractivity contribution >= 4 is 28.1 Å². The molecule has 1 N–H and O–H groups in total. The monoisotopic (exact) mass is 342 g/mol. The van der Waals surface area contributed by atoms with Crippen molar-refractivity contribution in [3.05, 3.63) is 10.7 Å². The molecule has 22 heavy (non-hydrogen) atoms. The van der Waals surface area contributed by atoms with Gasteiger partial charge in [0.15, 0.2) is 5.15 Å². The van der Waals surface area contributed by atoms with E-state index in [2.05, 4.69) is 20.7 Å². The van der Waals surface area contributed by atoms with E-state index in [0.29, 0.717) is 5.56 Å². The van der Waals surface area contributed by atoms with Gasteiger partial charge in [0, 0.05) is 38.4 Å². The number of nitriles is 1. The van der Waals surface area contributed by atoms with E-state index < -0.39 is 0 Å². The fourth-order valence-electron chi connectivity index (χ4n) is 3.13. The van der Waals surface area contributed by atoms with Gasteiger partial charge in [0.25, 0.3) is 0 Å². The zero-order chi connectivity index (χ0) is 15.4. The Morgan fingerprint density at radius 1 is 1.27 bits per heavy atom. The summed E-state index contributed by atoms with van der Waals surface area (Å²) >= 11 is 7.18. The third-order valence-electron chi connectivity index (χ3n) is 4.45. The molecule has 0 amide bonds. The highest BCUT2D eigenvalue weighted by atomic mass is 35.5. The van der Waals surface area contributed by atoms with Crippen molar-refractivity contribution < 1.29 is 9.47 Å². The molecular formula is C14H19ClN4O2S. The number of nitrogens with one attached hydrogen (secondary N) is 1. The van der Waals surface area contributed by atoms with E-state index in [4.69, 9.17) is 21.1 Å². The van der Waals surface area contributed by atoms with Gasteiger partial charge in [-0.2, -0.15) is 9.64 Å². The topological polar surface area (TPSA) is 70.4 Å². The summed E-state index contributed by atoms with van der Waals surface area (Å²) in [5.41, 5.74) is 0.487. The van der Waals surface area contributed by atoms with Crippen LogP contribution in [0.4, 0.5) is 5.00 Å². The van der Waals surface area contributed by atoms with Crippen LogP contribution in [-0.4, -0.2) is 60.9 Å². The predicted molar refractivity (Wildman–Crippen MR) is 85.5 cm³/mol. The quantitative estimate of drug-likeness (QED) is 0.902. The van der Waals surface area contributed by atoms with Crippen LogP contribution in [0.15, 0.2) is 0 Å². The lowest BCUT2D eigenvalue weighted by molar-refractivity contribution is -0.0652. The molecule has 2 aliphatic heterocycles. The van der Waals surface area contributed by atoms with Gasteiger partial charge in [-0.15, -0.1) is 0 Å². The van der Waals surface area contributed by atoms with Gasteiger partial charge in [0.1, 0.15) is 16.6 Å².